The first-order valence-corrected chi connectivity index (χ1v) is 10.1. The molecule has 30 heavy (non-hydrogen) atoms. The number of benzene rings is 2. The Morgan fingerprint density at radius 3 is 2.43 bits per heavy atom. The second kappa shape index (κ2) is 13.2. The lowest BCUT2D eigenvalue weighted by atomic mass is 10.1. The molecule has 0 aliphatic heterocycles. The summed E-state index contributed by atoms with van der Waals surface area (Å²) in [5.41, 5.74) is 7.15. The lowest BCUT2D eigenvalue weighted by Gasteiger charge is -2.18. The fourth-order valence-electron chi connectivity index (χ4n) is 2.76. The Bertz CT molecular complexity index is 768. The Balaban J connectivity index is 1.85. The molecule has 0 bridgehead atoms. The number of unbranched alkanes of at least 4 members (excludes halogenated alkanes) is 1. The van der Waals surface area contributed by atoms with E-state index < -0.39 is 12.1 Å². The maximum Gasteiger partial charge on any atom is 0.319 e. The third-order valence-corrected chi connectivity index (χ3v) is 4.34. The smallest absolute Gasteiger partial charge is 0.319 e. The molecule has 0 heterocycles. The van der Waals surface area contributed by atoms with E-state index in [1.807, 2.05) is 30.3 Å². The number of ether oxygens (including phenoxy) is 1. The van der Waals surface area contributed by atoms with Crippen LogP contribution in [0, 0.1) is 0 Å². The minimum absolute atomic E-state index is 0.139. The van der Waals surface area contributed by atoms with Gasteiger partial charge in [0.05, 0.1) is 6.61 Å². The SMILES string of the molecule is NCCCC[C@H](NC(=O)Nc1ccc(OCc2ccccc2)cc1)C(=O)NCCO. The number of nitrogens with two attached hydrogens (primary N) is 1. The molecule has 2 aromatic carbocycles. The molecule has 0 aromatic heterocycles. The number of rotatable bonds is 12. The van der Waals surface area contributed by atoms with Crippen LogP contribution in [0.15, 0.2) is 54.6 Å². The number of hydrogen-bond acceptors (Lipinski definition) is 5. The highest BCUT2D eigenvalue weighted by Gasteiger charge is 2.20. The van der Waals surface area contributed by atoms with E-state index in [0.717, 1.165) is 12.0 Å². The maximum atomic E-state index is 12.3. The van der Waals surface area contributed by atoms with E-state index in [0.29, 0.717) is 37.4 Å². The molecule has 0 saturated heterocycles. The Kier molecular flexibility index (Phi) is 10.2. The van der Waals surface area contributed by atoms with Crippen LogP contribution in [-0.4, -0.2) is 42.8 Å². The third kappa shape index (κ3) is 8.50. The molecule has 0 radical (unpaired) electrons. The number of aliphatic hydroxyl groups is 1. The van der Waals surface area contributed by atoms with Crippen LogP contribution in [0.3, 0.4) is 0 Å². The highest BCUT2D eigenvalue weighted by atomic mass is 16.5. The summed E-state index contributed by atoms with van der Waals surface area (Å²) in [5, 5.41) is 16.8. The molecule has 0 unspecified atom stereocenters. The van der Waals surface area contributed by atoms with Gasteiger partial charge in [0.2, 0.25) is 5.91 Å². The van der Waals surface area contributed by atoms with E-state index in [1.165, 1.54) is 0 Å². The molecule has 0 fully saturated rings. The molecular formula is C22H30N4O4. The predicted octanol–water partition coefficient (Wildman–Crippen LogP) is 1.99. The number of anilines is 1. The Morgan fingerprint density at radius 1 is 1.03 bits per heavy atom. The summed E-state index contributed by atoms with van der Waals surface area (Å²) in [4.78, 5) is 24.5. The normalized spacial score (nSPS) is 11.4. The molecule has 2 aromatic rings. The van der Waals surface area contributed by atoms with Crippen LogP contribution in [-0.2, 0) is 11.4 Å². The number of urea groups is 1. The zero-order valence-electron chi connectivity index (χ0n) is 17.0. The van der Waals surface area contributed by atoms with Crippen molar-refractivity contribution in [2.45, 2.75) is 31.9 Å². The van der Waals surface area contributed by atoms with E-state index in [4.69, 9.17) is 15.6 Å². The minimum Gasteiger partial charge on any atom is -0.489 e. The van der Waals surface area contributed by atoms with Crippen LogP contribution in [0.1, 0.15) is 24.8 Å². The molecular weight excluding hydrogens is 384 g/mol. The number of carbonyl (C=O) groups excluding carboxylic acids is 2. The first-order valence-electron chi connectivity index (χ1n) is 10.1. The van der Waals surface area contributed by atoms with Gasteiger partial charge in [-0.2, -0.15) is 0 Å². The van der Waals surface area contributed by atoms with Crippen molar-refractivity contribution in [2.75, 3.05) is 25.0 Å². The second-order valence-corrected chi connectivity index (χ2v) is 6.75. The summed E-state index contributed by atoms with van der Waals surface area (Å²) in [5.74, 6) is 0.355. The molecule has 1 atom stereocenters. The fraction of sp³-hybridized carbons (Fsp3) is 0.364. The fourth-order valence-corrected chi connectivity index (χ4v) is 2.76. The summed E-state index contributed by atoms with van der Waals surface area (Å²) in [7, 11) is 0. The lowest BCUT2D eigenvalue weighted by molar-refractivity contribution is -0.123. The van der Waals surface area contributed by atoms with Gasteiger partial charge in [-0.05, 0) is 55.6 Å². The molecule has 3 amide bonds. The highest BCUT2D eigenvalue weighted by Crippen LogP contribution is 2.17. The van der Waals surface area contributed by atoms with Crippen LogP contribution in [0.2, 0.25) is 0 Å². The van der Waals surface area contributed by atoms with Gasteiger partial charge in [-0.15, -0.1) is 0 Å². The monoisotopic (exact) mass is 414 g/mol. The van der Waals surface area contributed by atoms with E-state index in [-0.39, 0.29) is 19.1 Å². The standard InChI is InChI=1S/C22H30N4O4/c23-13-5-4-8-20(21(28)24-14-15-27)26-22(29)25-18-9-11-19(12-10-18)30-16-17-6-2-1-3-7-17/h1-3,6-7,9-12,20,27H,4-5,8,13-16,23H2,(H,24,28)(H2,25,26,29)/t20-/m0/s1. The number of hydrogen-bond donors (Lipinski definition) is 5. The van der Waals surface area contributed by atoms with Gasteiger partial charge in [0.1, 0.15) is 18.4 Å². The van der Waals surface area contributed by atoms with Crippen LogP contribution in [0.5, 0.6) is 5.75 Å². The van der Waals surface area contributed by atoms with Crippen molar-refractivity contribution in [2.24, 2.45) is 5.73 Å². The molecule has 0 spiro atoms. The summed E-state index contributed by atoms with van der Waals surface area (Å²) in [6.45, 7) is 0.962. The molecule has 0 aliphatic rings. The van der Waals surface area contributed by atoms with Crippen molar-refractivity contribution in [3.63, 3.8) is 0 Å². The maximum absolute atomic E-state index is 12.3. The topological polar surface area (TPSA) is 126 Å². The predicted molar refractivity (Wildman–Crippen MR) is 116 cm³/mol. The summed E-state index contributed by atoms with van der Waals surface area (Å²) in [6.07, 6.45) is 1.94. The quantitative estimate of drug-likeness (QED) is 0.340. The van der Waals surface area contributed by atoms with Crippen LogP contribution < -0.4 is 26.4 Å². The third-order valence-electron chi connectivity index (χ3n) is 4.34. The van der Waals surface area contributed by atoms with Gasteiger partial charge in [-0.1, -0.05) is 30.3 Å². The molecule has 8 nitrogen and oxygen atoms in total. The Morgan fingerprint density at radius 2 is 1.77 bits per heavy atom. The van der Waals surface area contributed by atoms with Crippen LogP contribution >= 0.6 is 0 Å². The van der Waals surface area contributed by atoms with E-state index in [2.05, 4.69) is 16.0 Å². The lowest BCUT2D eigenvalue weighted by Crippen LogP contribution is -2.48. The van der Waals surface area contributed by atoms with Gasteiger partial charge in [0.15, 0.2) is 0 Å². The molecule has 0 saturated carbocycles. The summed E-state index contributed by atoms with van der Waals surface area (Å²) >= 11 is 0. The van der Waals surface area contributed by atoms with Gasteiger partial charge in [-0.25, -0.2) is 4.79 Å². The molecule has 8 heteroatoms. The summed E-state index contributed by atoms with van der Waals surface area (Å²) < 4.78 is 5.73. The highest BCUT2D eigenvalue weighted by molar-refractivity contribution is 5.93. The van der Waals surface area contributed by atoms with Crippen molar-refractivity contribution < 1.29 is 19.4 Å². The average Bonchev–Trinajstić information content (AvgIpc) is 2.77. The molecule has 2 rings (SSSR count). The number of carbonyl (C=O) groups is 2. The first-order chi connectivity index (χ1) is 14.6. The van der Waals surface area contributed by atoms with Gasteiger partial charge < -0.3 is 31.5 Å². The van der Waals surface area contributed by atoms with Gasteiger partial charge >= 0.3 is 6.03 Å². The van der Waals surface area contributed by atoms with Gasteiger partial charge in [0.25, 0.3) is 0 Å². The largest absolute Gasteiger partial charge is 0.489 e. The molecule has 6 N–H and O–H groups in total. The summed E-state index contributed by atoms with van der Waals surface area (Å²) in [6, 6.07) is 15.7. The van der Waals surface area contributed by atoms with E-state index >= 15 is 0 Å². The second-order valence-electron chi connectivity index (χ2n) is 6.75. The molecule has 162 valence electrons. The number of amides is 3. The van der Waals surface area contributed by atoms with Crippen molar-refractivity contribution in [3.05, 3.63) is 60.2 Å². The van der Waals surface area contributed by atoms with Crippen molar-refractivity contribution >= 4 is 17.6 Å². The average molecular weight is 415 g/mol. The number of nitrogens with one attached hydrogen (secondary N) is 3. The zero-order valence-corrected chi connectivity index (χ0v) is 17.0. The minimum atomic E-state index is -0.698. The first kappa shape index (κ1) is 23.2. The Labute approximate surface area is 176 Å². The molecule has 0 aliphatic carbocycles. The van der Waals surface area contributed by atoms with E-state index in [9.17, 15) is 9.59 Å². The zero-order chi connectivity index (χ0) is 21.6. The van der Waals surface area contributed by atoms with E-state index in [1.54, 1.807) is 24.3 Å². The van der Waals surface area contributed by atoms with Crippen LogP contribution in [0.4, 0.5) is 10.5 Å². The van der Waals surface area contributed by atoms with Gasteiger partial charge in [0, 0.05) is 12.2 Å². The van der Waals surface area contributed by atoms with Gasteiger partial charge in [-0.3, -0.25) is 4.79 Å². The van der Waals surface area contributed by atoms with Crippen LogP contribution in [0.25, 0.3) is 0 Å². The van der Waals surface area contributed by atoms with Crippen molar-refractivity contribution in [1.29, 1.82) is 0 Å². The van der Waals surface area contributed by atoms with Crippen molar-refractivity contribution in [1.82, 2.24) is 10.6 Å². The number of aliphatic hydroxyl groups excluding tert-OH is 1. The van der Waals surface area contributed by atoms with Crippen molar-refractivity contribution in [3.8, 4) is 5.75 Å². The Hall–Kier alpha value is -3.10.